The molecule has 2 aromatic rings. The summed E-state index contributed by atoms with van der Waals surface area (Å²) in [5.74, 6) is -1.40. The molecular weight excluding hydrogens is 356 g/mol. The van der Waals surface area contributed by atoms with Crippen molar-refractivity contribution in [2.45, 2.75) is 57.0 Å². The first-order valence-electron chi connectivity index (χ1n) is 9.06. The van der Waals surface area contributed by atoms with Crippen LogP contribution in [-0.2, 0) is 24.2 Å². The number of amides is 1. The van der Waals surface area contributed by atoms with Crippen LogP contribution in [0.3, 0.4) is 0 Å². The van der Waals surface area contributed by atoms with Gasteiger partial charge in [0, 0.05) is 35.5 Å². The second kappa shape index (κ2) is 6.95. The summed E-state index contributed by atoms with van der Waals surface area (Å²) in [7, 11) is 0. The van der Waals surface area contributed by atoms with Crippen molar-refractivity contribution in [1.29, 1.82) is 0 Å². The number of aromatic nitrogens is 2. The number of nitrogens with one attached hydrogen (secondary N) is 2. The van der Waals surface area contributed by atoms with Gasteiger partial charge in [0.1, 0.15) is 11.6 Å². The third-order valence-corrected chi connectivity index (χ3v) is 5.81. The molecule has 1 aromatic carbocycles. The van der Waals surface area contributed by atoms with E-state index in [2.05, 4.69) is 10.3 Å². The summed E-state index contributed by atoms with van der Waals surface area (Å²) in [5.41, 5.74) is 1.74. The van der Waals surface area contributed by atoms with Crippen LogP contribution >= 0.6 is 12.2 Å². The van der Waals surface area contributed by atoms with Crippen LogP contribution in [0.4, 0.5) is 8.78 Å². The first-order valence-corrected chi connectivity index (χ1v) is 9.47. The van der Waals surface area contributed by atoms with Crippen LogP contribution in [0.5, 0.6) is 0 Å². The van der Waals surface area contributed by atoms with Crippen LogP contribution in [0.25, 0.3) is 0 Å². The molecule has 1 aliphatic carbocycles. The van der Waals surface area contributed by atoms with E-state index >= 15 is 0 Å². The van der Waals surface area contributed by atoms with E-state index in [1.807, 2.05) is 4.57 Å². The molecule has 1 atom stereocenters. The molecule has 2 aliphatic rings. The highest BCUT2D eigenvalue weighted by atomic mass is 32.1. The van der Waals surface area contributed by atoms with Crippen molar-refractivity contribution in [3.05, 3.63) is 51.6 Å². The molecule has 2 heterocycles. The van der Waals surface area contributed by atoms with Crippen molar-refractivity contribution < 1.29 is 13.6 Å². The number of carbonyl (C=O) groups excluding carboxylic acids is 1. The molecule has 1 aromatic heterocycles. The summed E-state index contributed by atoms with van der Waals surface area (Å²) in [6, 6.07) is 4.20. The highest BCUT2D eigenvalue weighted by Gasteiger charge is 2.31. The Labute approximate surface area is 155 Å². The van der Waals surface area contributed by atoms with E-state index in [4.69, 9.17) is 12.2 Å². The maximum atomic E-state index is 14.1. The van der Waals surface area contributed by atoms with Crippen LogP contribution in [0.1, 0.15) is 48.6 Å². The molecule has 4 rings (SSSR count). The number of H-pyrrole nitrogens is 1. The van der Waals surface area contributed by atoms with Gasteiger partial charge in [-0.25, -0.2) is 8.78 Å². The van der Waals surface area contributed by atoms with Gasteiger partial charge in [0.25, 0.3) is 0 Å². The zero-order valence-electron chi connectivity index (χ0n) is 14.4. The van der Waals surface area contributed by atoms with E-state index < -0.39 is 11.6 Å². The number of aromatic amines is 1. The molecule has 7 heteroatoms. The zero-order chi connectivity index (χ0) is 18.3. The van der Waals surface area contributed by atoms with Crippen LogP contribution in [0, 0.1) is 16.4 Å². The molecule has 2 N–H and O–H groups in total. The predicted octanol–water partition coefficient (Wildman–Crippen LogP) is 3.77. The highest BCUT2D eigenvalue weighted by molar-refractivity contribution is 7.71. The molecule has 1 amide bonds. The van der Waals surface area contributed by atoms with E-state index in [1.165, 1.54) is 18.2 Å². The van der Waals surface area contributed by atoms with Gasteiger partial charge in [-0.15, -0.1) is 0 Å². The fourth-order valence-corrected chi connectivity index (χ4v) is 4.56. The quantitative estimate of drug-likeness (QED) is 0.797. The van der Waals surface area contributed by atoms with Crippen molar-refractivity contribution in [1.82, 2.24) is 14.9 Å². The lowest BCUT2D eigenvalue weighted by Crippen LogP contribution is -2.34. The molecule has 4 nitrogen and oxygen atoms in total. The Hall–Kier alpha value is -2.02. The molecule has 1 saturated carbocycles. The third-order valence-electron chi connectivity index (χ3n) is 5.49. The van der Waals surface area contributed by atoms with Gasteiger partial charge < -0.3 is 14.9 Å². The molecule has 1 aliphatic heterocycles. The Balaban J connectivity index is 1.53. The number of hydrogen-bond acceptors (Lipinski definition) is 2. The number of nitrogens with zero attached hydrogens (tertiary/aromatic N) is 1. The molecular formula is C19H21F2N3OS. The molecule has 0 spiro atoms. The lowest BCUT2D eigenvalue weighted by Gasteiger charge is -2.13. The highest BCUT2D eigenvalue weighted by Crippen LogP contribution is 2.34. The normalized spacial score (nSPS) is 19.7. The Bertz CT molecular complexity index is 878. The van der Waals surface area contributed by atoms with Crippen LogP contribution < -0.4 is 5.32 Å². The Kier molecular flexibility index (Phi) is 4.65. The van der Waals surface area contributed by atoms with Gasteiger partial charge in [-0.05, 0) is 43.6 Å². The first kappa shape index (κ1) is 17.4. The zero-order valence-corrected chi connectivity index (χ0v) is 15.2. The first-order chi connectivity index (χ1) is 12.5. The average molecular weight is 377 g/mol. The number of hydrogen-bond donors (Lipinski definition) is 2. The second-order valence-corrected chi connectivity index (χ2v) is 7.61. The van der Waals surface area contributed by atoms with Gasteiger partial charge in [0.05, 0.1) is 6.42 Å². The van der Waals surface area contributed by atoms with Crippen LogP contribution in [-0.4, -0.2) is 21.5 Å². The van der Waals surface area contributed by atoms with Crippen LogP contribution in [0.2, 0.25) is 0 Å². The largest absolute Gasteiger partial charge is 0.353 e. The molecule has 0 saturated heterocycles. The van der Waals surface area contributed by atoms with Crippen molar-refractivity contribution in [3.63, 3.8) is 0 Å². The average Bonchev–Trinajstić information content (AvgIpc) is 3.28. The lowest BCUT2D eigenvalue weighted by molar-refractivity contribution is -0.121. The number of benzene rings is 1. The second-order valence-electron chi connectivity index (χ2n) is 7.23. The monoisotopic (exact) mass is 377 g/mol. The van der Waals surface area contributed by atoms with E-state index in [0.717, 1.165) is 37.1 Å². The van der Waals surface area contributed by atoms with Crippen LogP contribution in [0.15, 0.2) is 18.2 Å². The van der Waals surface area contributed by atoms with Gasteiger partial charge in [-0.1, -0.05) is 18.9 Å². The van der Waals surface area contributed by atoms with Gasteiger partial charge in [0.15, 0.2) is 4.77 Å². The minimum Gasteiger partial charge on any atom is -0.353 e. The van der Waals surface area contributed by atoms with Crippen molar-refractivity contribution >= 4 is 18.1 Å². The Morgan fingerprint density at radius 1 is 1.27 bits per heavy atom. The molecule has 26 heavy (non-hydrogen) atoms. The van der Waals surface area contributed by atoms with E-state index in [-0.39, 0.29) is 29.9 Å². The van der Waals surface area contributed by atoms with Crippen molar-refractivity contribution in [2.24, 2.45) is 0 Å². The van der Waals surface area contributed by atoms with Gasteiger partial charge >= 0.3 is 0 Å². The number of fused-ring (bicyclic) bond motifs is 1. The number of imidazole rings is 1. The predicted molar refractivity (Wildman–Crippen MR) is 96.5 cm³/mol. The SMILES string of the molecule is O=C(Cc1[nH]c(=S)n2c1C[C@H](c1c(F)cccc1F)C2)NC1CCCC1. The summed E-state index contributed by atoms with van der Waals surface area (Å²) >= 11 is 5.35. The molecule has 0 bridgehead atoms. The molecule has 1 fully saturated rings. The number of halogens is 2. The van der Waals surface area contributed by atoms with Gasteiger partial charge in [-0.3, -0.25) is 4.79 Å². The fourth-order valence-electron chi connectivity index (χ4n) is 4.25. The van der Waals surface area contributed by atoms with Crippen molar-refractivity contribution in [3.8, 4) is 0 Å². The maximum Gasteiger partial charge on any atom is 0.226 e. The number of rotatable bonds is 4. The fraction of sp³-hybridized carbons (Fsp3) is 0.474. The number of carbonyl (C=O) groups is 1. The van der Waals surface area contributed by atoms with Gasteiger partial charge in [0.2, 0.25) is 5.91 Å². The summed E-state index contributed by atoms with van der Waals surface area (Å²) in [6.07, 6.45) is 5.07. The maximum absolute atomic E-state index is 14.1. The minimum atomic E-state index is -0.531. The standard InChI is InChI=1S/C19H21F2N3OS/c20-13-6-3-7-14(21)18(13)11-8-16-15(23-19(26)24(16)10-11)9-17(25)22-12-4-1-2-5-12/h3,6-7,11-12H,1-2,4-5,8-10H2,(H,22,25)(H,23,26)/t11-/m0/s1. The summed E-state index contributed by atoms with van der Waals surface area (Å²) in [5, 5.41) is 3.07. The molecule has 0 unspecified atom stereocenters. The van der Waals surface area contributed by atoms with E-state index in [0.29, 0.717) is 17.7 Å². The van der Waals surface area contributed by atoms with E-state index in [1.54, 1.807) is 0 Å². The lowest BCUT2D eigenvalue weighted by atomic mass is 9.95. The minimum absolute atomic E-state index is 0.0305. The summed E-state index contributed by atoms with van der Waals surface area (Å²) in [6.45, 7) is 0.423. The smallest absolute Gasteiger partial charge is 0.226 e. The molecule has 0 radical (unpaired) electrons. The van der Waals surface area contributed by atoms with E-state index in [9.17, 15) is 13.6 Å². The Morgan fingerprint density at radius 3 is 2.65 bits per heavy atom. The summed E-state index contributed by atoms with van der Waals surface area (Å²) in [4.78, 5) is 15.4. The Morgan fingerprint density at radius 2 is 1.96 bits per heavy atom. The molecule has 138 valence electrons. The van der Waals surface area contributed by atoms with Crippen molar-refractivity contribution in [2.75, 3.05) is 0 Å². The topological polar surface area (TPSA) is 49.8 Å². The summed E-state index contributed by atoms with van der Waals surface area (Å²) < 4.78 is 30.6. The van der Waals surface area contributed by atoms with Gasteiger partial charge in [-0.2, -0.15) is 0 Å². The third kappa shape index (κ3) is 3.20.